The van der Waals surface area contributed by atoms with E-state index in [0.717, 1.165) is 23.1 Å². The van der Waals surface area contributed by atoms with Crippen molar-refractivity contribution in [1.82, 2.24) is 20.4 Å². The highest BCUT2D eigenvalue weighted by molar-refractivity contribution is 9.10. The van der Waals surface area contributed by atoms with E-state index in [1.54, 1.807) is 4.68 Å². The highest BCUT2D eigenvalue weighted by atomic mass is 79.9. The smallest absolute Gasteiger partial charge is 0.153 e. The third-order valence-electron chi connectivity index (χ3n) is 2.69. The Balaban J connectivity index is 2.82. The van der Waals surface area contributed by atoms with Crippen LogP contribution in [0.5, 0.6) is 0 Å². The number of rotatable bonds is 5. The van der Waals surface area contributed by atoms with Gasteiger partial charge < -0.3 is 0 Å². The molecule has 15 heavy (non-hydrogen) atoms. The molecule has 1 heterocycles. The van der Waals surface area contributed by atoms with Gasteiger partial charge in [0.15, 0.2) is 4.60 Å². The number of nitrogens with one attached hydrogen (secondary N) is 1. The summed E-state index contributed by atoms with van der Waals surface area (Å²) in [5.74, 6) is 6.18. The van der Waals surface area contributed by atoms with Crippen molar-refractivity contribution in [2.24, 2.45) is 18.8 Å². The van der Waals surface area contributed by atoms with E-state index >= 15 is 0 Å². The quantitative estimate of drug-likeness (QED) is 0.632. The fourth-order valence-corrected chi connectivity index (χ4v) is 2.14. The molecule has 1 aromatic heterocycles. The maximum atomic E-state index is 5.57. The average Bonchev–Trinajstić information content (AvgIpc) is 2.55. The molecule has 0 fully saturated rings. The Kier molecular flexibility index (Phi) is 4.69. The number of halogens is 1. The van der Waals surface area contributed by atoms with Gasteiger partial charge in [0.05, 0.1) is 11.7 Å². The SMILES string of the molecule is CCC(C)CC(NN)c1c(Br)nnn1C. The van der Waals surface area contributed by atoms with Crippen LogP contribution in [-0.4, -0.2) is 15.0 Å². The summed E-state index contributed by atoms with van der Waals surface area (Å²) in [6.45, 7) is 4.39. The summed E-state index contributed by atoms with van der Waals surface area (Å²) in [7, 11) is 1.87. The summed E-state index contributed by atoms with van der Waals surface area (Å²) < 4.78 is 2.51. The number of hydrogen-bond acceptors (Lipinski definition) is 4. The van der Waals surface area contributed by atoms with E-state index in [9.17, 15) is 0 Å². The summed E-state index contributed by atoms with van der Waals surface area (Å²) in [5, 5.41) is 7.89. The van der Waals surface area contributed by atoms with Crippen LogP contribution in [0.25, 0.3) is 0 Å². The van der Waals surface area contributed by atoms with Gasteiger partial charge in [-0.2, -0.15) is 0 Å². The molecule has 1 aromatic rings. The Hall–Kier alpha value is -0.460. The molecule has 86 valence electrons. The summed E-state index contributed by atoms with van der Waals surface area (Å²) >= 11 is 3.38. The van der Waals surface area contributed by atoms with Gasteiger partial charge in [0.1, 0.15) is 0 Å². The molecule has 1 rings (SSSR count). The normalized spacial score (nSPS) is 15.3. The first kappa shape index (κ1) is 12.6. The summed E-state index contributed by atoms with van der Waals surface area (Å²) in [4.78, 5) is 0. The van der Waals surface area contributed by atoms with Crippen molar-refractivity contribution in [3.05, 3.63) is 10.3 Å². The molecule has 0 aliphatic carbocycles. The summed E-state index contributed by atoms with van der Waals surface area (Å²) in [6, 6.07) is 0.0920. The Labute approximate surface area is 98.5 Å². The van der Waals surface area contributed by atoms with Crippen LogP contribution in [-0.2, 0) is 7.05 Å². The molecule has 0 aliphatic rings. The third-order valence-corrected chi connectivity index (χ3v) is 3.26. The van der Waals surface area contributed by atoms with Crippen LogP contribution in [0.1, 0.15) is 38.4 Å². The lowest BCUT2D eigenvalue weighted by molar-refractivity contribution is 0.390. The lowest BCUT2D eigenvalue weighted by Crippen LogP contribution is -2.31. The summed E-state index contributed by atoms with van der Waals surface area (Å²) in [5.41, 5.74) is 3.82. The second-order valence-corrected chi connectivity index (χ2v) is 4.61. The van der Waals surface area contributed by atoms with Crippen LogP contribution >= 0.6 is 15.9 Å². The van der Waals surface area contributed by atoms with E-state index in [2.05, 4.69) is 45.5 Å². The Morgan fingerprint density at radius 1 is 1.60 bits per heavy atom. The van der Waals surface area contributed by atoms with E-state index in [1.807, 2.05) is 7.05 Å². The average molecular weight is 276 g/mol. The standard InChI is InChI=1S/C9H18BrN5/c1-4-6(2)5-7(12-11)8-9(10)13-14-15(8)3/h6-7,12H,4-5,11H2,1-3H3. The number of hydrogen-bond donors (Lipinski definition) is 2. The van der Waals surface area contributed by atoms with Crippen LogP contribution in [0.3, 0.4) is 0 Å². The van der Waals surface area contributed by atoms with Crippen molar-refractivity contribution in [3.8, 4) is 0 Å². The van der Waals surface area contributed by atoms with Crippen LogP contribution < -0.4 is 11.3 Å². The van der Waals surface area contributed by atoms with Crippen molar-refractivity contribution in [2.45, 2.75) is 32.7 Å². The van der Waals surface area contributed by atoms with Crippen molar-refractivity contribution in [2.75, 3.05) is 0 Å². The topological polar surface area (TPSA) is 68.8 Å². The number of aromatic nitrogens is 3. The molecule has 2 atom stereocenters. The molecular formula is C9H18BrN5. The van der Waals surface area contributed by atoms with Crippen LogP contribution in [0.4, 0.5) is 0 Å². The molecule has 0 saturated heterocycles. The number of nitrogens with two attached hydrogens (primary N) is 1. The molecule has 0 saturated carbocycles. The minimum absolute atomic E-state index is 0.0920. The molecule has 0 aliphatic heterocycles. The van der Waals surface area contributed by atoms with Gasteiger partial charge in [-0.15, -0.1) is 5.10 Å². The van der Waals surface area contributed by atoms with Crippen molar-refractivity contribution in [3.63, 3.8) is 0 Å². The van der Waals surface area contributed by atoms with Gasteiger partial charge in [-0.05, 0) is 28.3 Å². The van der Waals surface area contributed by atoms with Gasteiger partial charge in [0.25, 0.3) is 0 Å². The first-order valence-corrected chi connectivity index (χ1v) is 5.90. The maximum Gasteiger partial charge on any atom is 0.153 e. The van der Waals surface area contributed by atoms with E-state index < -0.39 is 0 Å². The first-order valence-electron chi connectivity index (χ1n) is 5.11. The molecule has 3 N–H and O–H groups in total. The number of nitrogens with zero attached hydrogens (tertiary/aromatic N) is 3. The zero-order valence-electron chi connectivity index (χ0n) is 9.37. The second kappa shape index (κ2) is 5.58. The fraction of sp³-hybridized carbons (Fsp3) is 0.778. The minimum Gasteiger partial charge on any atom is -0.271 e. The lowest BCUT2D eigenvalue weighted by atomic mass is 9.98. The van der Waals surface area contributed by atoms with Gasteiger partial charge in [-0.1, -0.05) is 25.5 Å². The Morgan fingerprint density at radius 3 is 2.67 bits per heavy atom. The molecule has 0 aromatic carbocycles. The molecule has 0 spiro atoms. The van der Waals surface area contributed by atoms with Crippen LogP contribution in [0.2, 0.25) is 0 Å². The third kappa shape index (κ3) is 2.99. The van der Waals surface area contributed by atoms with Crippen molar-refractivity contribution in [1.29, 1.82) is 0 Å². The van der Waals surface area contributed by atoms with E-state index in [1.165, 1.54) is 0 Å². The molecule has 0 amide bonds. The monoisotopic (exact) mass is 275 g/mol. The van der Waals surface area contributed by atoms with Crippen LogP contribution in [0, 0.1) is 5.92 Å². The van der Waals surface area contributed by atoms with Gasteiger partial charge in [-0.3, -0.25) is 11.3 Å². The zero-order chi connectivity index (χ0) is 11.4. The van der Waals surface area contributed by atoms with Gasteiger partial charge in [-0.25, -0.2) is 4.68 Å². The van der Waals surface area contributed by atoms with Gasteiger partial charge in [0, 0.05) is 7.05 Å². The van der Waals surface area contributed by atoms with E-state index in [0.29, 0.717) is 5.92 Å². The highest BCUT2D eigenvalue weighted by Gasteiger charge is 2.20. The fourth-order valence-electron chi connectivity index (χ4n) is 1.54. The van der Waals surface area contributed by atoms with Crippen molar-refractivity contribution >= 4 is 15.9 Å². The predicted molar refractivity (Wildman–Crippen MR) is 62.8 cm³/mol. The van der Waals surface area contributed by atoms with E-state index in [-0.39, 0.29) is 6.04 Å². The minimum atomic E-state index is 0.0920. The second-order valence-electron chi connectivity index (χ2n) is 3.86. The highest BCUT2D eigenvalue weighted by Crippen LogP contribution is 2.26. The summed E-state index contributed by atoms with van der Waals surface area (Å²) in [6.07, 6.45) is 2.12. The molecule has 2 unspecified atom stereocenters. The number of hydrazine groups is 1. The molecule has 0 radical (unpaired) electrons. The maximum absolute atomic E-state index is 5.57. The van der Waals surface area contributed by atoms with Crippen LogP contribution in [0.15, 0.2) is 4.60 Å². The first-order chi connectivity index (χ1) is 7.10. The molecule has 0 bridgehead atoms. The lowest BCUT2D eigenvalue weighted by Gasteiger charge is -2.19. The largest absolute Gasteiger partial charge is 0.271 e. The zero-order valence-corrected chi connectivity index (χ0v) is 11.0. The Bertz CT molecular complexity index is 292. The number of aryl methyl sites for hydroxylation is 1. The predicted octanol–water partition coefficient (Wildman–Crippen LogP) is 1.52. The Morgan fingerprint density at radius 2 is 2.27 bits per heavy atom. The van der Waals surface area contributed by atoms with Gasteiger partial charge >= 0.3 is 0 Å². The van der Waals surface area contributed by atoms with Gasteiger partial charge in [0.2, 0.25) is 0 Å². The van der Waals surface area contributed by atoms with Crippen molar-refractivity contribution < 1.29 is 0 Å². The molecule has 6 heteroatoms. The molecular weight excluding hydrogens is 258 g/mol. The van der Waals surface area contributed by atoms with E-state index in [4.69, 9.17) is 5.84 Å². The molecule has 5 nitrogen and oxygen atoms in total.